The van der Waals surface area contributed by atoms with Crippen molar-refractivity contribution in [3.05, 3.63) is 94.9 Å². The van der Waals surface area contributed by atoms with Crippen molar-refractivity contribution < 1.29 is 21.1 Å². The largest absolute Gasteiger partial charge is 0.494 e. The second kappa shape index (κ2) is 13.6. The van der Waals surface area contributed by atoms with E-state index in [1.54, 1.807) is 43.5 Å². The number of halogens is 1. The Kier molecular flexibility index (Phi) is 7.59. The number of likely N-dealkylation sites (N-methyl/N-ethyl adjacent to an activating group) is 1. The molecule has 0 spiro atoms. The first-order valence-corrected chi connectivity index (χ1v) is 12.8. The summed E-state index contributed by atoms with van der Waals surface area (Å²) in [5, 5.41) is 14.0. The first-order valence-electron chi connectivity index (χ1n) is 14.9. The predicted molar refractivity (Wildman–Crippen MR) is 157 cm³/mol. The van der Waals surface area contributed by atoms with Gasteiger partial charge >= 0.3 is 0 Å². The standard InChI is InChI=1S/C31H30ClN5O3/c1-4-39-30-17-28-26(15-21(30)14-25(38)9-7-13-37(2)3)31(22(18-33)19-35-28)36-23-10-11-29(27(32)16-23)40-20-24-8-5-6-12-34-24/h5-12,15-17,19H,4,13-14,20H2,1-3H3,(H,35,36)/b9-7+/i2D3,7D,9D. The van der Waals surface area contributed by atoms with E-state index >= 15 is 0 Å². The number of rotatable bonds is 12. The molecule has 0 radical (unpaired) electrons. The number of nitrogens with zero attached hydrogens (tertiary/aromatic N) is 4. The average molecular weight is 561 g/mol. The molecule has 0 aliphatic rings. The van der Waals surface area contributed by atoms with E-state index in [-0.39, 0.29) is 25.2 Å². The molecule has 0 fully saturated rings. The highest BCUT2D eigenvalue weighted by Gasteiger charge is 2.16. The Morgan fingerprint density at radius 3 is 2.83 bits per heavy atom. The monoisotopic (exact) mass is 560 g/mol. The smallest absolute Gasteiger partial charge is 0.159 e. The van der Waals surface area contributed by atoms with Gasteiger partial charge in [0.1, 0.15) is 24.2 Å². The molecular formula is C31H30ClN5O3. The van der Waals surface area contributed by atoms with E-state index in [0.717, 1.165) is 10.6 Å². The number of nitriles is 1. The molecule has 8 nitrogen and oxygen atoms in total. The summed E-state index contributed by atoms with van der Waals surface area (Å²) in [6, 6.07) is 15.0. The van der Waals surface area contributed by atoms with Gasteiger partial charge < -0.3 is 19.7 Å². The third kappa shape index (κ3) is 7.35. The zero-order valence-corrected chi connectivity index (χ0v) is 22.7. The van der Waals surface area contributed by atoms with Crippen LogP contribution in [0.25, 0.3) is 10.9 Å². The number of pyridine rings is 2. The van der Waals surface area contributed by atoms with E-state index in [2.05, 4.69) is 21.4 Å². The molecule has 2 aromatic heterocycles. The maximum atomic E-state index is 13.1. The molecular weight excluding hydrogens is 526 g/mol. The van der Waals surface area contributed by atoms with Crippen molar-refractivity contribution in [2.45, 2.75) is 20.0 Å². The molecule has 0 bridgehead atoms. The van der Waals surface area contributed by atoms with Crippen LogP contribution in [0.1, 0.15) is 30.6 Å². The molecule has 0 unspecified atom stereocenters. The summed E-state index contributed by atoms with van der Waals surface area (Å²) < 4.78 is 50.3. The van der Waals surface area contributed by atoms with E-state index in [1.165, 1.54) is 13.2 Å². The SMILES string of the molecule is [2H]/C(CN(C)C([2H])([2H])[2H])=C(/[2H])C(=O)Cc1cc2c(Nc3ccc(OCc4ccccn4)c(Cl)c3)c(C#N)cnc2cc1OCC. The highest BCUT2D eigenvalue weighted by atomic mass is 35.5. The molecule has 204 valence electrons. The fraction of sp³-hybridized carbons (Fsp3) is 0.226. The summed E-state index contributed by atoms with van der Waals surface area (Å²) in [4.78, 5) is 22.7. The quantitative estimate of drug-likeness (QED) is 0.207. The van der Waals surface area contributed by atoms with Crippen molar-refractivity contribution >= 4 is 39.7 Å². The number of allylic oxidation sites excluding steroid dienone is 1. The second-order valence-corrected chi connectivity index (χ2v) is 9.11. The average Bonchev–Trinajstić information content (AvgIpc) is 3.01. The van der Waals surface area contributed by atoms with E-state index < -0.39 is 31.4 Å². The van der Waals surface area contributed by atoms with Crippen LogP contribution in [-0.2, 0) is 17.8 Å². The minimum atomic E-state index is -2.47. The molecule has 40 heavy (non-hydrogen) atoms. The third-order valence-electron chi connectivity index (χ3n) is 5.67. The van der Waals surface area contributed by atoms with Gasteiger partial charge in [0, 0.05) is 52.2 Å². The van der Waals surface area contributed by atoms with Crippen LogP contribution >= 0.6 is 11.6 Å². The molecule has 0 amide bonds. The van der Waals surface area contributed by atoms with Gasteiger partial charge in [-0.2, -0.15) is 5.26 Å². The van der Waals surface area contributed by atoms with Crippen molar-refractivity contribution in [1.82, 2.24) is 14.9 Å². The first kappa shape index (κ1) is 22.4. The highest BCUT2D eigenvalue weighted by Crippen LogP contribution is 2.36. The number of ketones is 1. The van der Waals surface area contributed by atoms with Crippen molar-refractivity contribution in [2.24, 2.45) is 0 Å². The van der Waals surface area contributed by atoms with Crippen molar-refractivity contribution in [1.29, 1.82) is 5.26 Å². The van der Waals surface area contributed by atoms with Gasteiger partial charge in [-0.15, -0.1) is 0 Å². The number of benzene rings is 2. The molecule has 0 saturated carbocycles. The van der Waals surface area contributed by atoms with Crippen LogP contribution in [0.2, 0.25) is 5.02 Å². The maximum absolute atomic E-state index is 13.1. The minimum absolute atomic E-state index is 0.234. The molecule has 0 atom stereocenters. The van der Waals surface area contributed by atoms with E-state index in [0.29, 0.717) is 44.4 Å². The fourth-order valence-electron chi connectivity index (χ4n) is 3.86. The lowest BCUT2D eigenvalue weighted by atomic mass is 10.0. The lowest BCUT2D eigenvalue weighted by Gasteiger charge is -2.16. The van der Waals surface area contributed by atoms with Crippen LogP contribution in [0.4, 0.5) is 11.4 Å². The Morgan fingerprint density at radius 1 is 1.23 bits per heavy atom. The maximum Gasteiger partial charge on any atom is 0.159 e. The number of nitrogens with one attached hydrogen (secondary N) is 1. The van der Waals surface area contributed by atoms with Crippen LogP contribution in [0.15, 0.2) is 73.0 Å². The minimum Gasteiger partial charge on any atom is -0.494 e. The third-order valence-corrected chi connectivity index (χ3v) is 5.96. The number of fused-ring (bicyclic) bond motifs is 1. The van der Waals surface area contributed by atoms with Gasteiger partial charge in [0.05, 0.1) is 36.8 Å². The van der Waals surface area contributed by atoms with Gasteiger partial charge in [0.2, 0.25) is 0 Å². The Balaban J connectivity index is 1.66. The molecule has 0 aliphatic carbocycles. The molecule has 4 rings (SSSR count). The number of carbonyl (C=O) groups excluding carboxylic acids is 1. The molecule has 2 aromatic carbocycles. The Bertz CT molecular complexity index is 1780. The van der Waals surface area contributed by atoms with E-state index in [9.17, 15) is 10.1 Å². The van der Waals surface area contributed by atoms with Gasteiger partial charge in [-0.05, 0) is 63.4 Å². The Morgan fingerprint density at radius 2 is 2.10 bits per heavy atom. The lowest BCUT2D eigenvalue weighted by molar-refractivity contribution is -0.114. The van der Waals surface area contributed by atoms with Crippen molar-refractivity contribution in [3.8, 4) is 17.6 Å². The van der Waals surface area contributed by atoms with Gasteiger partial charge in [-0.25, -0.2) is 0 Å². The zero-order chi connectivity index (χ0) is 32.7. The summed E-state index contributed by atoms with van der Waals surface area (Å²) in [6.07, 6.45) is 2.80. The predicted octanol–water partition coefficient (Wildman–Crippen LogP) is 6.11. The van der Waals surface area contributed by atoms with E-state index in [1.807, 2.05) is 18.2 Å². The Labute approximate surface area is 245 Å². The summed E-state index contributed by atoms with van der Waals surface area (Å²) in [7, 11) is 1.29. The van der Waals surface area contributed by atoms with Crippen LogP contribution in [0.3, 0.4) is 0 Å². The van der Waals surface area contributed by atoms with Crippen molar-refractivity contribution in [2.75, 3.05) is 32.5 Å². The number of hydrogen-bond donors (Lipinski definition) is 1. The summed E-state index contributed by atoms with van der Waals surface area (Å²) >= 11 is 6.51. The number of aromatic nitrogens is 2. The molecule has 2 heterocycles. The molecule has 0 saturated heterocycles. The number of hydrogen-bond acceptors (Lipinski definition) is 8. The number of ether oxygens (including phenoxy) is 2. The normalized spacial score (nSPS) is 13.7. The van der Waals surface area contributed by atoms with Gasteiger partial charge in [-0.1, -0.05) is 23.7 Å². The highest BCUT2D eigenvalue weighted by molar-refractivity contribution is 6.32. The fourth-order valence-corrected chi connectivity index (χ4v) is 4.10. The molecule has 1 N–H and O–H groups in total. The summed E-state index contributed by atoms with van der Waals surface area (Å²) in [5.74, 6) is 0.123. The topological polar surface area (TPSA) is 100 Å². The summed E-state index contributed by atoms with van der Waals surface area (Å²) in [6.45, 7) is -0.557. The van der Waals surface area contributed by atoms with Crippen LogP contribution in [-0.4, -0.2) is 47.8 Å². The van der Waals surface area contributed by atoms with Gasteiger partial charge in [0.25, 0.3) is 0 Å². The molecule has 4 aromatic rings. The summed E-state index contributed by atoms with van der Waals surface area (Å²) in [5.41, 5.74) is 2.85. The van der Waals surface area contributed by atoms with Crippen LogP contribution in [0, 0.1) is 11.3 Å². The Hall–Kier alpha value is -4.45. The lowest BCUT2D eigenvalue weighted by Crippen LogP contribution is -2.11. The van der Waals surface area contributed by atoms with Gasteiger partial charge in [-0.3, -0.25) is 14.8 Å². The molecule has 0 aliphatic heterocycles. The van der Waals surface area contributed by atoms with Crippen LogP contribution in [0.5, 0.6) is 11.5 Å². The number of anilines is 2. The van der Waals surface area contributed by atoms with Gasteiger partial charge in [0.15, 0.2) is 5.78 Å². The first-order chi connectivity index (χ1) is 21.4. The van der Waals surface area contributed by atoms with Crippen molar-refractivity contribution in [3.63, 3.8) is 0 Å². The molecule has 9 heteroatoms. The number of carbonyl (C=O) groups is 1. The zero-order valence-electron chi connectivity index (χ0n) is 27.0. The van der Waals surface area contributed by atoms with Crippen LogP contribution < -0.4 is 14.8 Å². The van der Waals surface area contributed by atoms with E-state index in [4.69, 9.17) is 27.9 Å². The second-order valence-electron chi connectivity index (χ2n) is 8.71.